The van der Waals surface area contributed by atoms with Crippen LogP contribution in [0.15, 0.2) is 48.5 Å². The molecule has 0 radical (unpaired) electrons. The molecule has 130 valence electrons. The van der Waals surface area contributed by atoms with E-state index in [1.165, 1.54) is 17.0 Å². The maximum absolute atomic E-state index is 12.5. The standard InChI is InChI=1S/C19H15ClF3NO/c1-24(18(25)10-7-15-3-2-4-17(20)13-15)12-11-14-5-8-16(9-6-14)19(21,22)23/h2-6,8-9,13H,11-12H2,1H3. The predicted octanol–water partition coefficient (Wildman–Crippen LogP) is 4.41. The average molecular weight is 366 g/mol. The van der Waals surface area contributed by atoms with Gasteiger partial charge in [0.05, 0.1) is 5.56 Å². The van der Waals surface area contributed by atoms with Crippen molar-refractivity contribution in [2.75, 3.05) is 13.6 Å². The Morgan fingerprint density at radius 3 is 2.44 bits per heavy atom. The number of nitrogens with zero attached hydrogens (tertiary/aromatic N) is 1. The molecule has 1 amide bonds. The van der Waals surface area contributed by atoms with E-state index in [1.807, 2.05) is 0 Å². The largest absolute Gasteiger partial charge is 0.416 e. The molecule has 0 spiro atoms. The van der Waals surface area contributed by atoms with Gasteiger partial charge in [0.25, 0.3) is 5.91 Å². The van der Waals surface area contributed by atoms with Crippen molar-refractivity contribution in [3.8, 4) is 11.8 Å². The number of amides is 1. The van der Waals surface area contributed by atoms with Crippen molar-refractivity contribution < 1.29 is 18.0 Å². The highest BCUT2D eigenvalue weighted by Crippen LogP contribution is 2.29. The molecule has 2 nitrogen and oxygen atoms in total. The number of carbonyl (C=O) groups is 1. The third-order valence-electron chi connectivity index (χ3n) is 3.50. The van der Waals surface area contributed by atoms with Crippen molar-refractivity contribution in [1.82, 2.24) is 4.90 Å². The first-order valence-electron chi connectivity index (χ1n) is 7.44. The van der Waals surface area contributed by atoms with Crippen LogP contribution in [0.3, 0.4) is 0 Å². The summed E-state index contributed by atoms with van der Waals surface area (Å²) in [5.41, 5.74) is 0.667. The summed E-state index contributed by atoms with van der Waals surface area (Å²) in [5.74, 6) is 4.89. The molecule has 0 aliphatic carbocycles. The van der Waals surface area contributed by atoms with Gasteiger partial charge in [-0.2, -0.15) is 13.2 Å². The summed E-state index contributed by atoms with van der Waals surface area (Å²) in [5, 5.41) is 0.537. The molecule has 0 heterocycles. The smallest absolute Gasteiger partial charge is 0.335 e. The van der Waals surface area contributed by atoms with Crippen LogP contribution >= 0.6 is 11.6 Å². The van der Waals surface area contributed by atoms with E-state index in [0.717, 1.165) is 17.7 Å². The molecule has 0 aromatic heterocycles. The first kappa shape index (κ1) is 18.9. The zero-order valence-corrected chi connectivity index (χ0v) is 14.2. The van der Waals surface area contributed by atoms with Crippen molar-refractivity contribution in [3.05, 3.63) is 70.2 Å². The summed E-state index contributed by atoms with van der Waals surface area (Å²) in [7, 11) is 1.60. The minimum atomic E-state index is -4.35. The quantitative estimate of drug-likeness (QED) is 0.738. The Kier molecular flexibility index (Phi) is 6.11. The van der Waals surface area contributed by atoms with Gasteiger partial charge in [-0.1, -0.05) is 35.7 Å². The van der Waals surface area contributed by atoms with E-state index in [-0.39, 0.29) is 5.91 Å². The molecule has 25 heavy (non-hydrogen) atoms. The lowest BCUT2D eigenvalue weighted by atomic mass is 10.1. The summed E-state index contributed by atoms with van der Waals surface area (Å²) in [6, 6.07) is 11.8. The Balaban J connectivity index is 1.91. The monoisotopic (exact) mass is 365 g/mol. The predicted molar refractivity (Wildman–Crippen MR) is 91.1 cm³/mol. The summed E-state index contributed by atoms with van der Waals surface area (Å²) < 4.78 is 37.5. The van der Waals surface area contributed by atoms with Gasteiger partial charge in [-0.25, -0.2) is 0 Å². The van der Waals surface area contributed by atoms with Gasteiger partial charge < -0.3 is 4.90 Å². The lowest BCUT2D eigenvalue weighted by Crippen LogP contribution is -2.27. The van der Waals surface area contributed by atoms with Gasteiger partial charge >= 0.3 is 6.18 Å². The molecule has 0 bridgehead atoms. The summed E-state index contributed by atoms with van der Waals surface area (Å²) in [4.78, 5) is 13.4. The van der Waals surface area contributed by atoms with Crippen LogP contribution in [0, 0.1) is 11.8 Å². The van der Waals surface area contributed by atoms with Crippen molar-refractivity contribution in [3.63, 3.8) is 0 Å². The van der Waals surface area contributed by atoms with E-state index in [0.29, 0.717) is 23.6 Å². The second-order valence-corrected chi connectivity index (χ2v) is 5.87. The van der Waals surface area contributed by atoms with Crippen molar-refractivity contribution in [2.24, 2.45) is 0 Å². The molecule has 2 aromatic carbocycles. The van der Waals surface area contributed by atoms with Gasteiger partial charge in [0.15, 0.2) is 0 Å². The molecule has 0 saturated carbocycles. The average Bonchev–Trinajstić information content (AvgIpc) is 2.57. The second-order valence-electron chi connectivity index (χ2n) is 5.43. The lowest BCUT2D eigenvalue weighted by molar-refractivity contribution is -0.137. The Hall–Kier alpha value is -2.45. The molecular formula is C19H15ClF3NO. The normalized spacial score (nSPS) is 10.8. The highest BCUT2D eigenvalue weighted by molar-refractivity contribution is 6.30. The zero-order chi connectivity index (χ0) is 18.4. The van der Waals surface area contributed by atoms with Crippen LogP contribution in [0.2, 0.25) is 5.02 Å². The van der Waals surface area contributed by atoms with Gasteiger partial charge in [-0.3, -0.25) is 4.79 Å². The second kappa shape index (κ2) is 8.09. The number of halogens is 4. The number of hydrogen-bond donors (Lipinski definition) is 0. The van der Waals surface area contributed by atoms with Gasteiger partial charge in [0.2, 0.25) is 0 Å². The minimum absolute atomic E-state index is 0.356. The number of benzene rings is 2. The van der Waals surface area contributed by atoms with Crippen LogP contribution in [0.4, 0.5) is 13.2 Å². The van der Waals surface area contributed by atoms with E-state index >= 15 is 0 Å². The minimum Gasteiger partial charge on any atom is -0.335 e. The maximum Gasteiger partial charge on any atom is 0.416 e. The first-order chi connectivity index (χ1) is 11.8. The Morgan fingerprint density at radius 1 is 1.16 bits per heavy atom. The van der Waals surface area contributed by atoms with Crippen molar-refractivity contribution in [1.29, 1.82) is 0 Å². The molecule has 0 saturated heterocycles. The van der Waals surface area contributed by atoms with Gasteiger partial charge in [-0.15, -0.1) is 0 Å². The summed E-state index contributed by atoms with van der Waals surface area (Å²) >= 11 is 5.85. The number of hydrogen-bond acceptors (Lipinski definition) is 1. The summed E-state index contributed by atoms with van der Waals surface area (Å²) in [6.07, 6.45) is -3.90. The number of carbonyl (C=O) groups excluding carboxylic acids is 1. The van der Waals surface area contributed by atoms with Gasteiger partial charge in [0, 0.05) is 30.1 Å². The van der Waals surface area contributed by atoms with Crippen LogP contribution in [-0.2, 0) is 17.4 Å². The number of likely N-dealkylation sites (N-methyl/N-ethyl adjacent to an activating group) is 1. The van der Waals surface area contributed by atoms with Gasteiger partial charge in [0.1, 0.15) is 0 Å². The fraction of sp³-hybridized carbons (Fsp3) is 0.211. The molecule has 2 aromatic rings. The first-order valence-corrected chi connectivity index (χ1v) is 7.82. The van der Waals surface area contributed by atoms with Gasteiger partial charge in [-0.05, 0) is 42.3 Å². The van der Waals surface area contributed by atoms with E-state index in [9.17, 15) is 18.0 Å². The molecule has 2 rings (SSSR count). The molecule has 0 aliphatic rings. The van der Waals surface area contributed by atoms with Crippen LogP contribution in [0.1, 0.15) is 16.7 Å². The fourth-order valence-corrected chi connectivity index (χ4v) is 2.24. The molecular weight excluding hydrogens is 351 g/mol. The third kappa shape index (κ3) is 5.84. The molecule has 6 heteroatoms. The Labute approximate surface area is 149 Å². The van der Waals surface area contributed by atoms with Crippen LogP contribution in [0.5, 0.6) is 0 Å². The molecule has 0 atom stereocenters. The van der Waals surface area contributed by atoms with Crippen molar-refractivity contribution >= 4 is 17.5 Å². The van der Waals surface area contributed by atoms with E-state index < -0.39 is 11.7 Å². The SMILES string of the molecule is CN(CCc1ccc(C(F)(F)F)cc1)C(=O)C#Cc1cccc(Cl)c1. The third-order valence-corrected chi connectivity index (χ3v) is 3.74. The fourth-order valence-electron chi connectivity index (χ4n) is 2.05. The highest BCUT2D eigenvalue weighted by atomic mass is 35.5. The number of alkyl halides is 3. The van der Waals surface area contributed by atoms with Crippen LogP contribution < -0.4 is 0 Å². The number of rotatable bonds is 3. The van der Waals surface area contributed by atoms with Crippen molar-refractivity contribution in [2.45, 2.75) is 12.6 Å². The van der Waals surface area contributed by atoms with Crippen LogP contribution in [0.25, 0.3) is 0 Å². The molecule has 0 unspecified atom stereocenters. The Morgan fingerprint density at radius 2 is 1.84 bits per heavy atom. The zero-order valence-electron chi connectivity index (χ0n) is 13.4. The van der Waals surface area contributed by atoms with Crippen LogP contribution in [-0.4, -0.2) is 24.4 Å². The molecule has 0 fully saturated rings. The topological polar surface area (TPSA) is 20.3 Å². The van der Waals surface area contributed by atoms with E-state index in [1.54, 1.807) is 31.3 Å². The maximum atomic E-state index is 12.5. The molecule has 0 N–H and O–H groups in total. The molecule has 0 aliphatic heterocycles. The lowest BCUT2D eigenvalue weighted by Gasteiger charge is -2.14. The summed E-state index contributed by atoms with van der Waals surface area (Å²) in [6.45, 7) is 0.356. The van der Waals surface area contributed by atoms with E-state index in [4.69, 9.17) is 11.6 Å². The van der Waals surface area contributed by atoms with E-state index in [2.05, 4.69) is 11.8 Å². The highest BCUT2D eigenvalue weighted by Gasteiger charge is 2.29. The Bertz CT molecular complexity index is 804.